The zero-order valence-electron chi connectivity index (χ0n) is 8.98. The van der Waals surface area contributed by atoms with Crippen LogP contribution in [0.3, 0.4) is 0 Å². The number of alkyl halides is 3. The predicted octanol–water partition coefficient (Wildman–Crippen LogP) is 2.48. The van der Waals surface area contributed by atoms with Gasteiger partial charge >= 0.3 is 5.51 Å². The van der Waals surface area contributed by atoms with Gasteiger partial charge in [-0.3, -0.25) is 9.59 Å². The monoisotopic (exact) mass is 275 g/mol. The van der Waals surface area contributed by atoms with Gasteiger partial charge in [0.15, 0.2) is 6.29 Å². The molecule has 1 aliphatic rings. The topological polar surface area (TPSA) is 37.4 Å². The van der Waals surface area contributed by atoms with Crippen molar-refractivity contribution in [3.63, 3.8) is 0 Å². The number of hydrogen-bond acceptors (Lipinski definition) is 4. The molecule has 0 bridgehead atoms. The van der Waals surface area contributed by atoms with Crippen LogP contribution in [-0.2, 0) is 16.1 Å². The molecule has 0 saturated carbocycles. The summed E-state index contributed by atoms with van der Waals surface area (Å²) in [5, 5.41) is 0. The average molecular weight is 275 g/mol. The van der Waals surface area contributed by atoms with Gasteiger partial charge in [0.25, 0.3) is 0 Å². The number of hydrogen-bond donors (Lipinski definition) is 0. The fraction of sp³-hybridized carbons (Fsp3) is 0.273. The summed E-state index contributed by atoms with van der Waals surface area (Å²) in [5.41, 5.74) is -3.38. The molecule has 1 heterocycles. The van der Waals surface area contributed by atoms with Crippen LogP contribution in [-0.4, -0.2) is 21.9 Å². The van der Waals surface area contributed by atoms with E-state index in [1.54, 1.807) is 24.3 Å². The lowest BCUT2D eigenvalue weighted by molar-refractivity contribution is -0.132. The van der Waals surface area contributed by atoms with E-state index in [1.165, 1.54) is 0 Å². The minimum absolute atomic E-state index is 0.00933. The molecule has 0 saturated heterocycles. The number of nitrogens with zero attached hydrogens (tertiary/aromatic N) is 1. The van der Waals surface area contributed by atoms with E-state index in [0.29, 0.717) is 11.1 Å². The Bertz CT molecular complexity index is 489. The van der Waals surface area contributed by atoms with E-state index in [2.05, 4.69) is 0 Å². The van der Waals surface area contributed by atoms with Crippen molar-refractivity contribution in [2.75, 3.05) is 0 Å². The van der Waals surface area contributed by atoms with Gasteiger partial charge in [-0.05, 0) is 11.1 Å². The molecule has 0 aromatic heterocycles. The minimum Gasteiger partial charge on any atom is -0.295 e. The third-order valence-electron chi connectivity index (χ3n) is 2.57. The number of benzene rings is 1. The summed E-state index contributed by atoms with van der Waals surface area (Å²) in [6, 6.07) is 5.38. The van der Waals surface area contributed by atoms with E-state index in [1.807, 2.05) is 0 Å². The lowest BCUT2D eigenvalue weighted by Gasteiger charge is -2.21. The van der Waals surface area contributed by atoms with Crippen molar-refractivity contribution in [2.24, 2.45) is 0 Å². The van der Waals surface area contributed by atoms with Crippen LogP contribution in [0.15, 0.2) is 24.3 Å². The van der Waals surface area contributed by atoms with Gasteiger partial charge in [-0.2, -0.15) is 13.2 Å². The quantitative estimate of drug-likeness (QED) is 0.482. The summed E-state index contributed by atoms with van der Waals surface area (Å²) in [7, 11) is 0. The maximum Gasteiger partial charge on any atom is 0.456 e. The van der Waals surface area contributed by atoms with E-state index < -0.39 is 17.3 Å². The summed E-state index contributed by atoms with van der Waals surface area (Å²) in [4.78, 5) is 22.0. The molecule has 1 unspecified atom stereocenters. The Hall–Kier alpha value is -1.34. The Morgan fingerprint density at radius 1 is 1.39 bits per heavy atom. The first kappa shape index (κ1) is 13.1. The fourth-order valence-electron chi connectivity index (χ4n) is 1.94. The number of ketones is 1. The van der Waals surface area contributed by atoms with Gasteiger partial charge in [0.1, 0.15) is 6.04 Å². The lowest BCUT2D eigenvalue weighted by Crippen LogP contribution is -2.26. The second-order valence-corrected chi connectivity index (χ2v) is 4.85. The van der Waals surface area contributed by atoms with Crippen LogP contribution in [0.25, 0.3) is 0 Å². The number of halogens is 3. The summed E-state index contributed by atoms with van der Waals surface area (Å²) >= 11 is -0.374. The van der Waals surface area contributed by atoms with Crippen molar-refractivity contribution < 1.29 is 22.8 Å². The molecule has 0 N–H and O–H groups in total. The van der Waals surface area contributed by atoms with Gasteiger partial charge in [-0.15, -0.1) is 0 Å². The predicted molar refractivity (Wildman–Crippen MR) is 59.4 cm³/mol. The largest absolute Gasteiger partial charge is 0.456 e. The molecule has 0 amide bonds. The first-order chi connectivity index (χ1) is 8.42. The summed E-state index contributed by atoms with van der Waals surface area (Å²) < 4.78 is 38.1. The molecule has 96 valence electrons. The number of carbonyl (C=O) groups is 2. The molecule has 1 aliphatic heterocycles. The number of rotatable bonds is 3. The molecular formula is C11H8F3NO2S. The van der Waals surface area contributed by atoms with Crippen molar-refractivity contribution in [3.8, 4) is 0 Å². The van der Waals surface area contributed by atoms with E-state index >= 15 is 0 Å². The van der Waals surface area contributed by atoms with Crippen molar-refractivity contribution >= 4 is 24.0 Å². The molecule has 1 atom stereocenters. The van der Waals surface area contributed by atoms with Crippen LogP contribution < -0.4 is 0 Å². The minimum atomic E-state index is -4.48. The highest BCUT2D eigenvalue weighted by atomic mass is 32.2. The van der Waals surface area contributed by atoms with Crippen molar-refractivity contribution in [2.45, 2.75) is 18.1 Å². The van der Waals surface area contributed by atoms with Crippen molar-refractivity contribution in [1.29, 1.82) is 0 Å². The zero-order valence-corrected chi connectivity index (χ0v) is 9.79. The maximum absolute atomic E-state index is 12.4. The molecule has 18 heavy (non-hydrogen) atoms. The zero-order chi connectivity index (χ0) is 13.3. The van der Waals surface area contributed by atoms with Gasteiger partial charge in [-0.25, -0.2) is 4.31 Å². The molecule has 0 fully saturated rings. The van der Waals surface area contributed by atoms with Crippen LogP contribution in [0.4, 0.5) is 13.2 Å². The highest BCUT2D eigenvalue weighted by Crippen LogP contribution is 2.44. The van der Waals surface area contributed by atoms with Crippen molar-refractivity contribution in [3.05, 3.63) is 35.4 Å². The Balaban J connectivity index is 2.34. The van der Waals surface area contributed by atoms with Gasteiger partial charge in [0, 0.05) is 18.5 Å². The molecule has 2 rings (SSSR count). The number of carbonyl (C=O) groups excluding carboxylic acids is 2. The Labute approximate surface area is 105 Å². The van der Waals surface area contributed by atoms with Crippen LogP contribution in [0.5, 0.6) is 0 Å². The molecule has 1 aromatic carbocycles. The molecule has 3 nitrogen and oxygen atoms in total. The maximum atomic E-state index is 12.4. The van der Waals surface area contributed by atoms with Gasteiger partial charge in [-0.1, -0.05) is 24.3 Å². The standard InChI is InChI=1S/C11H8F3NO2S/c12-11(13,14)18-15-5-7-3-1-2-4-8(7)10(15)9(17)6-16/h1-4,6,10H,5H2. The number of fused-ring (bicyclic) bond motifs is 1. The summed E-state index contributed by atoms with van der Waals surface area (Å²) in [6.07, 6.45) is 0.0662. The fourth-order valence-corrected chi connectivity index (χ4v) is 2.73. The Morgan fingerprint density at radius 3 is 2.67 bits per heavy atom. The van der Waals surface area contributed by atoms with E-state index in [0.717, 1.165) is 4.31 Å². The summed E-state index contributed by atoms with van der Waals surface area (Å²) in [5.74, 6) is -0.864. The number of Topliss-reactive ketones (excluding diaryl/α,β-unsaturated/α-hetero) is 1. The van der Waals surface area contributed by atoms with E-state index in [-0.39, 0.29) is 24.8 Å². The van der Waals surface area contributed by atoms with Gasteiger partial charge < -0.3 is 0 Å². The Morgan fingerprint density at radius 2 is 2.06 bits per heavy atom. The molecular weight excluding hydrogens is 267 g/mol. The average Bonchev–Trinajstić information content (AvgIpc) is 2.63. The highest BCUT2D eigenvalue weighted by molar-refractivity contribution is 7.97. The second-order valence-electron chi connectivity index (χ2n) is 3.73. The molecule has 1 aromatic rings. The smallest absolute Gasteiger partial charge is 0.295 e. The summed E-state index contributed by atoms with van der Waals surface area (Å²) in [6.45, 7) is -0.00933. The SMILES string of the molecule is O=CC(=O)C1c2ccccc2CN1SC(F)(F)F. The number of aldehydes is 1. The van der Waals surface area contributed by atoms with Gasteiger partial charge in [0.05, 0.1) is 0 Å². The van der Waals surface area contributed by atoms with Crippen molar-refractivity contribution in [1.82, 2.24) is 4.31 Å². The lowest BCUT2D eigenvalue weighted by atomic mass is 10.0. The van der Waals surface area contributed by atoms with E-state index in [9.17, 15) is 22.8 Å². The highest BCUT2D eigenvalue weighted by Gasteiger charge is 2.42. The molecule has 0 aliphatic carbocycles. The van der Waals surface area contributed by atoms with E-state index in [4.69, 9.17) is 0 Å². The van der Waals surface area contributed by atoms with Crippen LogP contribution in [0.2, 0.25) is 0 Å². The van der Waals surface area contributed by atoms with Crippen LogP contribution in [0, 0.1) is 0 Å². The third kappa shape index (κ3) is 2.56. The van der Waals surface area contributed by atoms with Crippen LogP contribution >= 0.6 is 11.9 Å². The normalized spacial score (nSPS) is 19.6. The van der Waals surface area contributed by atoms with Gasteiger partial charge in [0.2, 0.25) is 5.78 Å². The third-order valence-corrected chi connectivity index (χ3v) is 3.35. The van der Waals surface area contributed by atoms with Crippen LogP contribution in [0.1, 0.15) is 17.2 Å². The molecule has 7 heteroatoms. The Kier molecular flexibility index (Phi) is 3.45. The second kappa shape index (κ2) is 4.74. The first-order valence-corrected chi connectivity index (χ1v) is 5.79. The first-order valence-electron chi connectivity index (χ1n) is 5.01. The molecule has 0 radical (unpaired) electrons. The molecule has 0 spiro atoms.